The average Bonchev–Trinajstić information content (AvgIpc) is 2.69. The molecule has 2 heterocycles. The molecule has 1 amide bonds. The summed E-state index contributed by atoms with van der Waals surface area (Å²) >= 11 is 0. The smallest absolute Gasteiger partial charge is 0.311 e. The number of hydrogen-bond acceptors (Lipinski definition) is 3. The molecule has 5 nitrogen and oxygen atoms in total. The number of hydrogen-bond donors (Lipinski definition) is 0. The second kappa shape index (κ2) is 7.02. The fourth-order valence-electron chi connectivity index (χ4n) is 3.71. The maximum atomic E-state index is 13.0. The van der Waals surface area contributed by atoms with Crippen LogP contribution in [-0.2, 0) is 23.9 Å². The Morgan fingerprint density at radius 3 is 2.76 bits per heavy atom. The van der Waals surface area contributed by atoms with Gasteiger partial charge in [0.15, 0.2) is 0 Å². The van der Waals surface area contributed by atoms with E-state index in [1.807, 2.05) is 13.0 Å². The lowest BCUT2D eigenvalue weighted by Crippen LogP contribution is -2.39. The second-order valence-corrected chi connectivity index (χ2v) is 7.14. The number of anilines is 1. The lowest BCUT2D eigenvalue weighted by molar-refractivity contribution is -0.137. The summed E-state index contributed by atoms with van der Waals surface area (Å²) in [5.74, 6) is -0.360. The first kappa shape index (κ1) is 19.2. The van der Waals surface area contributed by atoms with E-state index in [2.05, 4.69) is 4.98 Å². The third kappa shape index (κ3) is 3.50. The Balaban J connectivity index is 1.65. The summed E-state index contributed by atoms with van der Waals surface area (Å²) in [6, 6.07) is 8.68. The predicted octanol–water partition coefficient (Wildman–Crippen LogP) is 3.70. The largest absolute Gasteiger partial charge is 0.416 e. The minimum absolute atomic E-state index is 0.226. The molecule has 1 aliphatic rings. The van der Waals surface area contributed by atoms with Gasteiger partial charge in [-0.1, -0.05) is 12.1 Å². The summed E-state index contributed by atoms with van der Waals surface area (Å²) < 4.78 is 40.2. The van der Waals surface area contributed by atoms with Crippen molar-refractivity contribution in [1.29, 1.82) is 0 Å². The molecule has 0 bridgehead atoms. The average molecular weight is 401 g/mol. The van der Waals surface area contributed by atoms with Crippen molar-refractivity contribution >= 4 is 22.5 Å². The van der Waals surface area contributed by atoms with Crippen molar-refractivity contribution in [3.8, 4) is 0 Å². The molecule has 2 aromatic carbocycles. The Hall–Kier alpha value is -3.16. The van der Waals surface area contributed by atoms with Gasteiger partial charge in [0.25, 0.3) is 5.56 Å². The van der Waals surface area contributed by atoms with Crippen molar-refractivity contribution in [2.24, 2.45) is 0 Å². The summed E-state index contributed by atoms with van der Waals surface area (Å²) in [6.07, 6.45) is -2.05. The van der Waals surface area contributed by atoms with Gasteiger partial charge in [-0.25, -0.2) is 4.98 Å². The number of amides is 1. The van der Waals surface area contributed by atoms with E-state index in [4.69, 9.17) is 0 Å². The van der Waals surface area contributed by atoms with Gasteiger partial charge in [0.2, 0.25) is 5.91 Å². The minimum atomic E-state index is -4.43. The predicted molar refractivity (Wildman–Crippen MR) is 103 cm³/mol. The minimum Gasteiger partial charge on any atom is -0.311 e. The molecule has 0 radical (unpaired) electrons. The highest BCUT2D eigenvalue weighted by Crippen LogP contribution is 2.35. The molecule has 3 aromatic rings. The molecule has 1 aromatic heterocycles. The first-order valence-corrected chi connectivity index (χ1v) is 9.21. The third-order valence-electron chi connectivity index (χ3n) is 5.19. The number of rotatable bonds is 2. The van der Waals surface area contributed by atoms with E-state index in [-0.39, 0.29) is 18.0 Å². The highest BCUT2D eigenvalue weighted by molar-refractivity contribution is 5.94. The highest BCUT2D eigenvalue weighted by Gasteiger charge is 2.32. The fraction of sp³-hybridized carbons (Fsp3) is 0.286. The number of alkyl halides is 3. The molecule has 8 heteroatoms. The van der Waals surface area contributed by atoms with E-state index in [1.54, 1.807) is 12.1 Å². The Labute approximate surface area is 164 Å². The van der Waals surface area contributed by atoms with Crippen LogP contribution in [0.25, 0.3) is 10.9 Å². The van der Waals surface area contributed by atoms with E-state index in [0.29, 0.717) is 41.5 Å². The summed E-state index contributed by atoms with van der Waals surface area (Å²) in [4.78, 5) is 31.4. The van der Waals surface area contributed by atoms with Crippen LogP contribution in [0, 0.1) is 6.92 Å². The normalized spacial score (nSPS) is 14.1. The van der Waals surface area contributed by atoms with E-state index in [1.165, 1.54) is 21.9 Å². The number of fused-ring (bicyclic) bond motifs is 2. The van der Waals surface area contributed by atoms with Crippen LogP contribution in [0.15, 0.2) is 47.5 Å². The van der Waals surface area contributed by atoms with Crippen molar-refractivity contribution < 1.29 is 18.0 Å². The van der Waals surface area contributed by atoms with Crippen LogP contribution < -0.4 is 10.5 Å². The Morgan fingerprint density at radius 2 is 2.00 bits per heavy atom. The summed E-state index contributed by atoms with van der Waals surface area (Å²) in [6.45, 7) is 2.02. The zero-order valence-electron chi connectivity index (χ0n) is 15.7. The summed E-state index contributed by atoms with van der Waals surface area (Å²) in [5, 5.41) is 0.425. The van der Waals surface area contributed by atoms with Gasteiger partial charge in [-0.05, 0) is 55.2 Å². The monoisotopic (exact) mass is 401 g/mol. The van der Waals surface area contributed by atoms with Gasteiger partial charge in [-0.3, -0.25) is 14.2 Å². The molecule has 0 saturated heterocycles. The lowest BCUT2D eigenvalue weighted by Gasteiger charge is -2.30. The maximum Gasteiger partial charge on any atom is 0.416 e. The molecule has 1 aliphatic heterocycles. The van der Waals surface area contributed by atoms with Crippen LogP contribution in [0.4, 0.5) is 18.9 Å². The second-order valence-electron chi connectivity index (χ2n) is 7.14. The van der Waals surface area contributed by atoms with E-state index in [9.17, 15) is 22.8 Å². The molecular formula is C21H18F3N3O2. The van der Waals surface area contributed by atoms with Gasteiger partial charge < -0.3 is 4.90 Å². The topological polar surface area (TPSA) is 55.2 Å². The van der Waals surface area contributed by atoms with Crippen LogP contribution in [-0.4, -0.2) is 22.0 Å². The highest BCUT2D eigenvalue weighted by atomic mass is 19.4. The number of aryl methyl sites for hydroxylation is 2. The van der Waals surface area contributed by atoms with Crippen molar-refractivity contribution in [2.45, 2.75) is 32.5 Å². The van der Waals surface area contributed by atoms with Gasteiger partial charge in [0, 0.05) is 12.2 Å². The van der Waals surface area contributed by atoms with Crippen LogP contribution in [0.5, 0.6) is 0 Å². The zero-order valence-corrected chi connectivity index (χ0v) is 15.7. The Morgan fingerprint density at radius 1 is 1.21 bits per heavy atom. The van der Waals surface area contributed by atoms with Crippen LogP contribution in [0.3, 0.4) is 0 Å². The van der Waals surface area contributed by atoms with Crippen LogP contribution in [0.1, 0.15) is 23.1 Å². The van der Waals surface area contributed by atoms with Crippen molar-refractivity contribution in [2.75, 3.05) is 11.4 Å². The first-order chi connectivity index (χ1) is 13.8. The SMILES string of the molecule is Cc1cccc2c(=O)n(CC(=O)N3CCCc4cc(C(F)(F)F)ccc43)cnc12. The zero-order chi connectivity index (χ0) is 20.8. The Bertz CT molecular complexity index is 1170. The molecule has 4 rings (SSSR count). The molecule has 0 atom stereocenters. The molecule has 29 heavy (non-hydrogen) atoms. The van der Waals surface area contributed by atoms with Crippen LogP contribution in [0.2, 0.25) is 0 Å². The molecule has 150 valence electrons. The molecule has 0 saturated carbocycles. The van der Waals surface area contributed by atoms with Gasteiger partial charge in [-0.15, -0.1) is 0 Å². The molecule has 0 spiro atoms. The van der Waals surface area contributed by atoms with E-state index >= 15 is 0 Å². The first-order valence-electron chi connectivity index (χ1n) is 9.21. The molecular weight excluding hydrogens is 383 g/mol. The van der Waals surface area contributed by atoms with Crippen molar-refractivity contribution in [3.63, 3.8) is 0 Å². The van der Waals surface area contributed by atoms with Crippen molar-refractivity contribution in [1.82, 2.24) is 9.55 Å². The number of nitrogens with zero attached hydrogens (tertiary/aromatic N) is 3. The van der Waals surface area contributed by atoms with Gasteiger partial charge in [0.1, 0.15) is 6.54 Å². The van der Waals surface area contributed by atoms with Gasteiger partial charge in [-0.2, -0.15) is 13.2 Å². The number of carbonyl (C=O) groups excluding carboxylic acids is 1. The number of halogens is 3. The molecule has 0 aliphatic carbocycles. The quantitative estimate of drug-likeness (QED) is 0.658. The van der Waals surface area contributed by atoms with E-state index < -0.39 is 11.7 Å². The number of aromatic nitrogens is 2. The number of para-hydroxylation sites is 1. The van der Waals surface area contributed by atoms with Gasteiger partial charge >= 0.3 is 6.18 Å². The lowest BCUT2D eigenvalue weighted by atomic mass is 9.99. The fourth-order valence-corrected chi connectivity index (χ4v) is 3.71. The van der Waals surface area contributed by atoms with Crippen LogP contribution >= 0.6 is 0 Å². The van der Waals surface area contributed by atoms with Crippen molar-refractivity contribution in [3.05, 3.63) is 69.8 Å². The maximum absolute atomic E-state index is 13.0. The number of carbonyl (C=O) groups is 1. The van der Waals surface area contributed by atoms with E-state index in [0.717, 1.165) is 17.7 Å². The standard InChI is InChI=1S/C21H18F3N3O2/c1-13-4-2-6-16-19(13)25-12-26(20(16)29)11-18(28)27-9-3-5-14-10-15(21(22,23)24)7-8-17(14)27/h2,4,6-8,10,12H,3,5,9,11H2,1H3. The molecule has 0 unspecified atom stereocenters. The molecule has 0 fully saturated rings. The summed E-state index contributed by atoms with van der Waals surface area (Å²) in [5.41, 5.74) is 1.35. The van der Waals surface area contributed by atoms with Gasteiger partial charge in [0.05, 0.1) is 22.8 Å². The Kier molecular flexibility index (Phi) is 4.64. The molecule has 0 N–H and O–H groups in total. The number of benzene rings is 2. The third-order valence-corrected chi connectivity index (χ3v) is 5.19. The summed E-state index contributed by atoms with van der Waals surface area (Å²) in [7, 11) is 0.